The molecule has 0 unspecified atom stereocenters. The summed E-state index contributed by atoms with van der Waals surface area (Å²) in [5.74, 6) is -0.934. The van der Waals surface area contributed by atoms with Gasteiger partial charge in [-0.3, -0.25) is 9.36 Å². The third kappa shape index (κ3) is 4.42. The van der Waals surface area contributed by atoms with Crippen molar-refractivity contribution < 1.29 is 14.5 Å². The van der Waals surface area contributed by atoms with Crippen molar-refractivity contribution in [3.63, 3.8) is 0 Å². The molecule has 0 fully saturated rings. The number of nitrogens with zero attached hydrogens (tertiary/aromatic N) is 3. The lowest BCUT2D eigenvalue weighted by Gasteiger charge is -2.11. The molecule has 35 heavy (non-hydrogen) atoms. The monoisotopic (exact) mass is 502 g/mol. The first-order chi connectivity index (χ1) is 17.0. The lowest BCUT2D eigenvalue weighted by atomic mass is 10.1. The van der Waals surface area contributed by atoms with Crippen LogP contribution in [0.25, 0.3) is 11.1 Å². The van der Waals surface area contributed by atoms with E-state index in [-0.39, 0.29) is 11.1 Å². The fraction of sp³-hybridized carbons (Fsp3) is 0.148. The number of pyridine rings is 1. The first-order valence-corrected chi connectivity index (χ1v) is 12.9. The van der Waals surface area contributed by atoms with Crippen LogP contribution >= 0.6 is 23.1 Å². The fourth-order valence-corrected chi connectivity index (χ4v) is 6.57. The minimum absolute atomic E-state index is 0.0256. The number of carboxylic acids is 1. The number of thiazole rings is 1. The van der Waals surface area contributed by atoms with Crippen molar-refractivity contribution in [1.82, 2.24) is 4.57 Å². The number of thioether (sulfide) groups is 1. The molecule has 0 radical (unpaired) electrons. The summed E-state index contributed by atoms with van der Waals surface area (Å²) in [6.07, 6.45) is 4.05. The molecular formula is C27H24N3O3S2+. The van der Waals surface area contributed by atoms with E-state index >= 15 is 0 Å². The molecular weight excluding hydrogens is 478 g/mol. The largest absolute Gasteiger partial charge is 0.478 e. The molecule has 0 atom stereocenters. The minimum atomic E-state index is -0.934. The Bertz CT molecular complexity index is 1600. The predicted molar refractivity (Wildman–Crippen MR) is 140 cm³/mol. The zero-order chi connectivity index (χ0) is 24.5. The average molecular weight is 503 g/mol. The number of fused-ring (bicyclic) bond motifs is 1. The lowest BCUT2D eigenvalue weighted by Crippen LogP contribution is -2.38. The van der Waals surface area contributed by atoms with Crippen LogP contribution in [0.1, 0.15) is 28.5 Å². The van der Waals surface area contributed by atoms with Gasteiger partial charge in [-0.25, -0.2) is 4.79 Å². The number of aromatic carboxylic acids is 1. The Kier molecular flexibility index (Phi) is 6.32. The number of carbonyl (C=O) groups is 1. The van der Waals surface area contributed by atoms with Crippen LogP contribution in [0.15, 0.2) is 82.6 Å². The Morgan fingerprint density at radius 2 is 1.80 bits per heavy atom. The van der Waals surface area contributed by atoms with Crippen molar-refractivity contribution in [2.45, 2.75) is 24.9 Å². The van der Waals surface area contributed by atoms with E-state index in [2.05, 4.69) is 27.7 Å². The van der Waals surface area contributed by atoms with Crippen LogP contribution in [0, 0.1) is 0 Å². The Labute approximate surface area is 210 Å². The van der Waals surface area contributed by atoms with Crippen molar-refractivity contribution in [3.8, 4) is 0 Å². The highest BCUT2D eigenvalue weighted by molar-refractivity contribution is 8.08. The highest BCUT2D eigenvalue weighted by Crippen LogP contribution is 2.44. The van der Waals surface area contributed by atoms with E-state index in [0.717, 1.165) is 36.1 Å². The number of hydrogen-bond acceptors (Lipinski definition) is 5. The van der Waals surface area contributed by atoms with Crippen LogP contribution in [-0.4, -0.2) is 22.7 Å². The van der Waals surface area contributed by atoms with Gasteiger partial charge in [0.25, 0.3) is 5.56 Å². The van der Waals surface area contributed by atoms with Crippen LogP contribution in [0.5, 0.6) is 0 Å². The Morgan fingerprint density at radius 1 is 1.06 bits per heavy atom. The van der Waals surface area contributed by atoms with Gasteiger partial charge in [0.05, 0.1) is 11.3 Å². The SMILES string of the molecule is CCn1c(=Cc2cccc[n+]2Cc2ccc(C(=O)O)cc2)sc(=C2Sc3ccccc3N2C)c1=O. The van der Waals surface area contributed by atoms with Crippen molar-refractivity contribution >= 4 is 45.9 Å². The van der Waals surface area contributed by atoms with E-state index in [9.17, 15) is 9.59 Å². The number of hydrogen-bond donors (Lipinski definition) is 1. The molecule has 176 valence electrons. The van der Waals surface area contributed by atoms with E-state index in [4.69, 9.17) is 5.11 Å². The second-order valence-electron chi connectivity index (χ2n) is 8.15. The summed E-state index contributed by atoms with van der Waals surface area (Å²) in [6.45, 7) is 3.16. The highest BCUT2D eigenvalue weighted by atomic mass is 32.2. The van der Waals surface area contributed by atoms with Crippen molar-refractivity contribution in [1.29, 1.82) is 0 Å². The molecule has 4 aromatic rings. The quantitative estimate of drug-likeness (QED) is 0.425. The summed E-state index contributed by atoms with van der Waals surface area (Å²) < 4.78 is 5.56. The second-order valence-corrected chi connectivity index (χ2v) is 10.2. The lowest BCUT2D eigenvalue weighted by molar-refractivity contribution is -0.690. The summed E-state index contributed by atoms with van der Waals surface area (Å²) in [7, 11) is 2.01. The van der Waals surface area contributed by atoms with Gasteiger partial charge in [-0.05, 0) is 37.3 Å². The number of aromatic nitrogens is 2. The minimum Gasteiger partial charge on any atom is -0.478 e. The summed E-state index contributed by atoms with van der Waals surface area (Å²) in [6, 6.07) is 21.1. The molecule has 5 rings (SSSR count). The van der Waals surface area contributed by atoms with Gasteiger partial charge in [0.1, 0.15) is 14.2 Å². The van der Waals surface area contributed by atoms with Crippen molar-refractivity contribution in [3.05, 3.63) is 109 Å². The first-order valence-electron chi connectivity index (χ1n) is 11.2. The zero-order valence-electron chi connectivity index (χ0n) is 19.3. The zero-order valence-corrected chi connectivity index (χ0v) is 21.0. The van der Waals surface area contributed by atoms with Gasteiger partial charge < -0.3 is 10.0 Å². The third-order valence-electron chi connectivity index (χ3n) is 5.96. The number of benzene rings is 2. The molecule has 0 saturated carbocycles. The van der Waals surface area contributed by atoms with Crippen LogP contribution in [0.3, 0.4) is 0 Å². The van der Waals surface area contributed by atoms with Gasteiger partial charge in [0.15, 0.2) is 12.7 Å². The van der Waals surface area contributed by atoms with Crippen molar-refractivity contribution in [2.24, 2.45) is 0 Å². The molecule has 0 aliphatic carbocycles. The predicted octanol–water partition coefficient (Wildman–Crippen LogP) is 3.10. The van der Waals surface area contributed by atoms with Gasteiger partial charge in [-0.2, -0.15) is 4.57 Å². The van der Waals surface area contributed by atoms with Crippen LogP contribution in [0.2, 0.25) is 0 Å². The van der Waals surface area contributed by atoms with Crippen molar-refractivity contribution in [2.75, 3.05) is 11.9 Å². The molecule has 3 heterocycles. The van der Waals surface area contributed by atoms with E-state index < -0.39 is 5.97 Å². The number of carboxylic acid groups (broad SMARTS) is 1. The smallest absolute Gasteiger partial charge is 0.335 e. The fourth-order valence-electron chi connectivity index (χ4n) is 4.11. The number of rotatable bonds is 5. The summed E-state index contributed by atoms with van der Waals surface area (Å²) in [5, 5.41) is 10.1. The summed E-state index contributed by atoms with van der Waals surface area (Å²) >= 11 is 3.15. The maximum atomic E-state index is 13.4. The molecule has 0 spiro atoms. The van der Waals surface area contributed by atoms with E-state index in [0.29, 0.717) is 13.1 Å². The van der Waals surface area contributed by atoms with Gasteiger partial charge in [0.2, 0.25) is 5.69 Å². The molecule has 2 aromatic heterocycles. The molecule has 6 nitrogen and oxygen atoms in total. The molecule has 0 amide bonds. The normalized spacial score (nSPS) is 14.9. The highest BCUT2D eigenvalue weighted by Gasteiger charge is 2.24. The maximum Gasteiger partial charge on any atom is 0.335 e. The second kappa shape index (κ2) is 9.56. The molecule has 0 bridgehead atoms. The average Bonchev–Trinajstić information content (AvgIpc) is 3.36. The molecule has 1 aliphatic heterocycles. The number of anilines is 1. The Balaban J connectivity index is 1.58. The molecule has 0 saturated heterocycles. The van der Waals surface area contributed by atoms with Crippen LogP contribution in [-0.2, 0) is 13.1 Å². The topological polar surface area (TPSA) is 66.4 Å². The van der Waals surface area contributed by atoms with E-state index in [1.54, 1.807) is 23.9 Å². The standard InChI is InChI=1S/C27H23N3O3S2/c1-3-30-23(35-24(25(30)31)26-28(2)21-9-4-5-10-22(21)34-26)16-20-8-6-7-15-29(20)17-18-11-13-19(14-12-18)27(32)33/h4-16H,3,17H2,1-2H3/p+1. The molecule has 2 aromatic carbocycles. The molecule has 1 aliphatic rings. The van der Waals surface area contributed by atoms with Crippen LogP contribution in [0.4, 0.5) is 5.69 Å². The van der Waals surface area contributed by atoms with Gasteiger partial charge in [-0.1, -0.05) is 36.0 Å². The molecule has 1 N–H and O–H groups in total. The third-order valence-corrected chi connectivity index (χ3v) is 8.45. The first kappa shape index (κ1) is 23.1. The van der Waals surface area contributed by atoms with Gasteiger partial charge in [-0.15, -0.1) is 11.3 Å². The Morgan fingerprint density at radius 3 is 2.51 bits per heavy atom. The Hall–Kier alpha value is -3.62. The maximum absolute atomic E-state index is 13.4. The summed E-state index contributed by atoms with van der Waals surface area (Å²) in [4.78, 5) is 27.8. The molecule has 8 heteroatoms. The van der Waals surface area contributed by atoms with Gasteiger partial charge >= 0.3 is 5.97 Å². The van der Waals surface area contributed by atoms with Gasteiger partial charge in [0, 0.05) is 42.3 Å². The van der Waals surface area contributed by atoms with E-state index in [1.165, 1.54) is 11.3 Å². The summed E-state index contributed by atoms with van der Waals surface area (Å²) in [5.41, 5.74) is 3.37. The van der Waals surface area contributed by atoms with Crippen LogP contribution < -0.4 is 24.2 Å². The van der Waals surface area contributed by atoms with E-state index in [1.807, 2.05) is 67.2 Å². The number of para-hydroxylation sites is 1.